The van der Waals surface area contributed by atoms with Gasteiger partial charge >= 0.3 is 5.97 Å². The molecule has 2 aromatic carbocycles. The third-order valence-electron chi connectivity index (χ3n) is 4.19. The summed E-state index contributed by atoms with van der Waals surface area (Å²) in [4.78, 5) is 33.7. The third kappa shape index (κ3) is 4.07. The van der Waals surface area contributed by atoms with Crippen LogP contribution in [0.3, 0.4) is 0 Å². The zero-order chi connectivity index (χ0) is 20.3. The molecule has 142 valence electrons. The molecular formula is C20H16N2O6. The lowest BCUT2D eigenvalue weighted by atomic mass is 10.1. The molecule has 28 heavy (non-hydrogen) atoms. The Hall–Kier alpha value is -3.94. The van der Waals surface area contributed by atoms with Crippen LogP contribution in [0, 0.1) is 10.1 Å². The topological polar surface area (TPSA) is 112 Å². The second-order valence-corrected chi connectivity index (χ2v) is 6.05. The highest BCUT2D eigenvalue weighted by molar-refractivity contribution is 6.08. The van der Waals surface area contributed by atoms with Gasteiger partial charge in [0.25, 0.3) is 5.69 Å². The monoisotopic (exact) mass is 380 g/mol. The minimum atomic E-state index is -0.965. The van der Waals surface area contributed by atoms with Crippen molar-refractivity contribution >= 4 is 17.4 Å². The SMILES string of the molecule is Cn1c(CC(=O)O)ccc1C(=O)c1ccc(Oc2ccc([N+](=O)[O-])cc2)cc1. The van der Waals surface area contributed by atoms with Crippen LogP contribution in [0.2, 0.25) is 0 Å². The number of aromatic nitrogens is 1. The van der Waals surface area contributed by atoms with Gasteiger partial charge in [0.2, 0.25) is 5.78 Å². The van der Waals surface area contributed by atoms with Gasteiger partial charge in [0.15, 0.2) is 0 Å². The molecule has 0 saturated carbocycles. The number of ketones is 1. The highest BCUT2D eigenvalue weighted by Gasteiger charge is 2.16. The van der Waals surface area contributed by atoms with Gasteiger partial charge in [-0.3, -0.25) is 19.7 Å². The molecule has 0 aliphatic carbocycles. The van der Waals surface area contributed by atoms with Gasteiger partial charge in [-0.25, -0.2) is 0 Å². The number of hydrogen-bond donors (Lipinski definition) is 1. The number of aliphatic carboxylic acids is 1. The van der Waals surface area contributed by atoms with E-state index < -0.39 is 10.9 Å². The molecule has 1 N–H and O–H groups in total. The predicted molar refractivity (Wildman–Crippen MR) is 99.8 cm³/mol. The van der Waals surface area contributed by atoms with E-state index in [2.05, 4.69) is 0 Å². The minimum Gasteiger partial charge on any atom is -0.481 e. The van der Waals surface area contributed by atoms with Crippen LogP contribution in [0.15, 0.2) is 60.7 Å². The number of ether oxygens (including phenoxy) is 1. The molecule has 1 heterocycles. The van der Waals surface area contributed by atoms with Crippen LogP contribution < -0.4 is 4.74 Å². The van der Waals surface area contributed by atoms with Gasteiger partial charge in [0, 0.05) is 30.4 Å². The van der Waals surface area contributed by atoms with Crippen molar-refractivity contribution in [3.8, 4) is 11.5 Å². The first kappa shape index (κ1) is 18.8. The normalized spacial score (nSPS) is 10.5. The Morgan fingerprint density at radius 2 is 1.57 bits per heavy atom. The van der Waals surface area contributed by atoms with Crippen LogP contribution in [0.25, 0.3) is 0 Å². The van der Waals surface area contributed by atoms with E-state index in [1.54, 1.807) is 48.0 Å². The van der Waals surface area contributed by atoms with Gasteiger partial charge in [-0.2, -0.15) is 0 Å². The maximum absolute atomic E-state index is 12.7. The number of rotatable bonds is 7. The Kier molecular flexibility index (Phi) is 5.21. The molecule has 0 saturated heterocycles. The van der Waals surface area contributed by atoms with Crippen LogP contribution in [-0.2, 0) is 18.3 Å². The number of carboxylic acids is 1. The van der Waals surface area contributed by atoms with Crippen molar-refractivity contribution in [2.45, 2.75) is 6.42 Å². The van der Waals surface area contributed by atoms with E-state index in [9.17, 15) is 19.7 Å². The fourth-order valence-corrected chi connectivity index (χ4v) is 2.71. The molecule has 0 radical (unpaired) electrons. The Morgan fingerprint density at radius 1 is 1.00 bits per heavy atom. The highest BCUT2D eigenvalue weighted by atomic mass is 16.6. The van der Waals surface area contributed by atoms with Gasteiger partial charge in [-0.05, 0) is 48.5 Å². The molecule has 0 fully saturated rings. The number of nitrogens with zero attached hydrogens (tertiary/aromatic N) is 2. The van der Waals surface area contributed by atoms with Crippen LogP contribution in [0.1, 0.15) is 21.7 Å². The number of carboxylic acid groups (broad SMARTS) is 1. The smallest absolute Gasteiger partial charge is 0.309 e. The summed E-state index contributed by atoms with van der Waals surface area (Å²) in [7, 11) is 1.65. The first-order chi connectivity index (χ1) is 13.3. The quantitative estimate of drug-likeness (QED) is 0.381. The largest absolute Gasteiger partial charge is 0.481 e. The minimum absolute atomic E-state index is 0.0295. The standard InChI is InChI=1S/C20H16N2O6/c1-21-15(12-19(23)24)6-11-18(21)20(25)13-2-7-16(8-3-13)28-17-9-4-14(5-10-17)22(26)27/h2-11H,12H2,1H3,(H,23,24). The van der Waals surface area contributed by atoms with Crippen molar-refractivity contribution < 1.29 is 24.4 Å². The van der Waals surface area contributed by atoms with Gasteiger partial charge in [-0.15, -0.1) is 0 Å². The van der Waals surface area contributed by atoms with E-state index >= 15 is 0 Å². The van der Waals surface area contributed by atoms with Crippen LogP contribution >= 0.6 is 0 Å². The van der Waals surface area contributed by atoms with E-state index in [-0.39, 0.29) is 17.9 Å². The first-order valence-electron chi connectivity index (χ1n) is 8.28. The predicted octanol–water partition coefficient (Wildman–Crippen LogP) is 3.58. The van der Waals surface area contributed by atoms with Gasteiger partial charge in [0.1, 0.15) is 11.5 Å². The summed E-state index contributed by atoms with van der Waals surface area (Å²) < 4.78 is 7.19. The lowest BCUT2D eigenvalue weighted by molar-refractivity contribution is -0.384. The van der Waals surface area contributed by atoms with Crippen molar-refractivity contribution in [1.82, 2.24) is 4.57 Å². The molecule has 8 heteroatoms. The summed E-state index contributed by atoms with van der Waals surface area (Å²) in [5.74, 6) is -0.289. The molecule has 3 rings (SSSR count). The Morgan fingerprint density at radius 3 is 2.11 bits per heavy atom. The molecule has 1 aromatic heterocycles. The van der Waals surface area contributed by atoms with Crippen molar-refractivity contribution in [1.29, 1.82) is 0 Å². The molecule has 0 spiro atoms. The lowest BCUT2D eigenvalue weighted by Crippen LogP contribution is -2.11. The number of non-ortho nitro benzene ring substituents is 1. The van der Waals surface area contributed by atoms with Gasteiger partial charge in [0.05, 0.1) is 17.0 Å². The van der Waals surface area contributed by atoms with Crippen LogP contribution in [-0.4, -0.2) is 26.3 Å². The van der Waals surface area contributed by atoms with Crippen LogP contribution in [0.4, 0.5) is 5.69 Å². The summed E-state index contributed by atoms with van der Waals surface area (Å²) in [6.07, 6.45) is -0.161. The Labute approximate surface area is 159 Å². The molecule has 3 aromatic rings. The van der Waals surface area contributed by atoms with E-state index in [4.69, 9.17) is 9.84 Å². The van der Waals surface area contributed by atoms with Gasteiger partial charge < -0.3 is 14.4 Å². The lowest BCUT2D eigenvalue weighted by Gasteiger charge is -2.08. The van der Waals surface area contributed by atoms with Crippen LogP contribution in [0.5, 0.6) is 11.5 Å². The number of nitro groups is 1. The number of hydrogen-bond acceptors (Lipinski definition) is 5. The zero-order valence-electron chi connectivity index (χ0n) is 14.9. The maximum atomic E-state index is 12.7. The average Bonchev–Trinajstić information content (AvgIpc) is 3.02. The fraction of sp³-hybridized carbons (Fsp3) is 0.100. The molecule has 0 amide bonds. The van der Waals surface area contributed by atoms with Gasteiger partial charge in [-0.1, -0.05) is 0 Å². The molecule has 8 nitrogen and oxygen atoms in total. The van der Waals surface area contributed by atoms with Crippen molar-refractivity contribution in [2.75, 3.05) is 0 Å². The first-order valence-corrected chi connectivity index (χ1v) is 8.28. The summed E-state index contributed by atoms with van der Waals surface area (Å²) in [6.45, 7) is 0. The maximum Gasteiger partial charge on any atom is 0.309 e. The molecule has 0 atom stereocenters. The number of nitro benzene ring substituents is 1. The third-order valence-corrected chi connectivity index (χ3v) is 4.19. The average molecular weight is 380 g/mol. The summed E-state index contributed by atoms with van der Waals surface area (Å²) in [5, 5.41) is 19.6. The van der Waals surface area contributed by atoms with Crippen molar-refractivity contribution in [3.05, 3.63) is 87.7 Å². The van der Waals surface area contributed by atoms with E-state index in [1.165, 1.54) is 24.3 Å². The second kappa shape index (κ2) is 7.75. The number of carbonyl (C=O) groups is 2. The number of carbonyl (C=O) groups excluding carboxylic acids is 1. The van der Waals surface area contributed by atoms with Crippen molar-refractivity contribution in [2.24, 2.45) is 7.05 Å². The Balaban J connectivity index is 1.73. The van der Waals surface area contributed by atoms with E-state index in [0.29, 0.717) is 28.5 Å². The molecular weight excluding hydrogens is 364 g/mol. The Bertz CT molecular complexity index is 1040. The summed E-state index contributed by atoms with van der Waals surface area (Å²) >= 11 is 0. The number of benzene rings is 2. The molecule has 0 aliphatic rings. The van der Waals surface area contributed by atoms with E-state index in [1.807, 2.05) is 0 Å². The summed E-state index contributed by atoms with van der Waals surface area (Å²) in [6, 6.07) is 15.3. The summed E-state index contributed by atoms with van der Waals surface area (Å²) in [5.41, 5.74) is 1.33. The molecule has 0 aliphatic heterocycles. The van der Waals surface area contributed by atoms with E-state index in [0.717, 1.165) is 0 Å². The molecule has 0 bridgehead atoms. The molecule has 0 unspecified atom stereocenters. The highest BCUT2D eigenvalue weighted by Crippen LogP contribution is 2.24. The fourth-order valence-electron chi connectivity index (χ4n) is 2.71. The zero-order valence-corrected chi connectivity index (χ0v) is 14.9. The van der Waals surface area contributed by atoms with Crippen molar-refractivity contribution in [3.63, 3.8) is 0 Å². The second-order valence-electron chi connectivity index (χ2n) is 6.05.